The zero-order chi connectivity index (χ0) is 60.7. The second kappa shape index (κ2) is 18.6. The number of hydrogen-bond donors (Lipinski definition) is 0. The summed E-state index contributed by atoms with van der Waals surface area (Å²) < 4.78 is 0. The third-order valence-corrected chi connectivity index (χ3v) is 21.8. The van der Waals surface area contributed by atoms with Crippen LogP contribution in [0.2, 0.25) is 0 Å². The molecule has 0 aliphatic heterocycles. The summed E-state index contributed by atoms with van der Waals surface area (Å²) in [5.41, 5.74) is 30.1. The van der Waals surface area contributed by atoms with Crippen molar-refractivity contribution >= 4 is 77.2 Å². The maximum Gasteiger partial charge on any atom is 0.0543 e. The van der Waals surface area contributed by atoms with Gasteiger partial charge >= 0.3 is 0 Å². The van der Waals surface area contributed by atoms with E-state index in [4.69, 9.17) is 0 Å². The van der Waals surface area contributed by atoms with Gasteiger partial charge in [-0.05, 0) is 170 Å². The molecule has 0 fully saturated rings. The highest BCUT2D eigenvalue weighted by Crippen LogP contribution is 2.61. The van der Waals surface area contributed by atoms with Gasteiger partial charge in [-0.25, -0.2) is 0 Å². The predicted molar refractivity (Wildman–Crippen MR) is 382 cm³/mol. The summed E-state index contributed by atoms with van der Waals surface area (Å²) >= 11 is 0. The fraction of sp³-hybridized carbons (Fsp3) is 0.136. The SMILES string of the molecule is CC1(C)c2ccccc2-c2c1cc(N(c1ccc(-c3ccc(N(c4cc5c(c6ccccc46)-c4ccccc4C5(C)C)c4cc5c(c6ccccc46)-c4ccccc4C5(C)C)cc3)cc1)c1cc3c(c4ccccc14)-c1ccccc1C3(C)C)c1ccccc21. The summed E-state index contributed by atoms with van der Waals surface area (Å²) in [6.07, 6.45) is 0. The normalized spacial score (nSPS) is 15.2. The average Bonchev–Trinajstić information content (AvgIpc) is 1.51. The van der Waals surface area contributed by atoms with E-state index in [1.54, 1.807) is 0 Å². The third-order valence-electron chi connectivity index (χ3n) is 21.8. The molecule has 0 aromatic heterocycles. The minimum absolute atomic E-state index is 0.211. The molecule has 0 unspecified atom stereocenters. The Morgan fingerprint density at radius 1 is 0.200 bits per heavy atom. The lowest BCUT2D eigenvalue weighted by Gasteiger charge is -2.32. The number of hydrogen-bond acceptors (Lipinski definition) is 2. The summed E-state index contributed by atoms with van der Waals surface area (Å²) in [6, 6.07) is 102. The van der Waals surface area contributed by atoms with Crippen molar-refractivity contribution in [2.75, 3.05) is 9.80 Å². The molecule has 90 heavy (non-hydrogen) atoms. The Morgan fingerprint density at radius 2 is 0.400 bits per heavy atom. The van der Waals surface area contributed by atoms with E-state index in [-0.39, 0.29) is 21.7 Å². The lowest BCUT2D eigenvalue weighted by atomic mass is 9.81. The highest BCUT2D eigenvalue weighted by molar-refractivity contribution is 6.17. The molecule has 2 heteroatoms. The largest absolute Gasteiger partial charge is 0.309 e. The summed E-state index contributed by atoms with van der Waals surface area (Å²) in [5.74, 6) is 0. The molecule has 0 radical (unpaired) electrons. The molecule has 0 spiro atoms. The van der Waals surface area contributed by atoms with Crippen LogP contribution in [-0.4, -0.2) is 0 Å². The van der Waals surface area contributed by atoms with Crippen LogP contribution in [0.5, 0.6) is 0 Å². The van der Waals surface area contributed by atoms with E-state index in [1.165, 1.54) is 155 Å². The Bertz CT molecular complexity index is 4790. The van der Waals surface area contributed by atoms with E-state index in [9.17, 15) is 0 Å². The first-order valence-electron chi connectivity index (χ1n) is 32.2. The van der Waals surface area contributed by atoms with Crippen LogP contribution in [0.15, 0.2) is 267 Å². The minimum atomic E-state index is -0.211. The van der Waals surface area contributed by atoms with Crippen LogP contribution in [-0.2, 0) is 21.7 Å². The molecule has 14 aromatic carbocycles. The Hall–Kier alpha value is -10.3. The molecule has 0 N–H and O–H groups in total. The van der Waals surface area contributed by atoms with Gasteiger partial charge in [0.15, 0.2) is 0 Å². The smallest absolute Gasteiger partial charge is 0.0543 e. The van der Waals surface area contributed by atoms with Gasteiger partial charge in [0.25, 0.3) is 0 Å². The number of fused-ring (bicyclic) bond motifs is 20. The summed E-state index contributed by atoms with van der Waals surface area (Å²) in [5, 5.41) is 10.0. The number of nitrogens with zero attached hydrogens (tertiary/aromatic N) is 2. The number of rotatable bonds is 7. The van der Waals surface area contributed by atoms with Gasteiger partial charge in [-0.3, -0.25) is 0 Å². The molecular weight excluding hydrogens is 1080 g/mol. The zero-order valence-corrected chi connectivity index (χ0v) is 52.3. The average molecular weight is 1150 g/mol. The third kappa shape index (κ3) is 7.11. The van der Waals surface area contributed by atoms with Crippen molar-refractivity contribution in [2.45, 2.75) is 77.0 Å². The van der Waals surface area contributed by atoms with Crippen LogP contribution in [0.25, 0.3) is 98.7 Å². The van der Waals surface area contributed by atoms with Crippen molar-refractivity contribution in [3.05, 3.63) is 311 Å². The Balaban J connectivity index is 0.824. The molecule has 0 bridgehead atoms. The first-order valence-corrected chi connectivity index (χ1v) is 32.2. The standard InChI is InChI=1S/C88H68N2/c1-85(2)69-37-21-17-33-65(69)81-61-29-13-9-25-57(61)77(49-73(81)85)89(78-50-74-82(62-30-14-10-26-58(62)78)66-34-18-22-38-70(66)86(74,3)4)55-45-41-53(42-46-55)54-43-47-56(48-44-54)90(79-51-75-83(63-31-15-11-27-59(63)79)67-35-19-23-39-71(67)87(75,5)6)80-52-76-84(64-32-16-12-28-60(64)80)68-36-20-24-40-72(68)88(76,7)8/h9-52H,1-8H3. The maximum absolute atomic E-state index is 2.59. The van der Waals surface area contributed by atoms with Crippen LogP contribution >= 0.6 is 0 Å². The molecule has 0 atom stereocenters. The van der Waals surface area contributed by atoms with E-state index < -0.39 is 0 Å². The molecule has 14 aromatic rings. The van der Waals surface area contributed by atoms with Crippen LogP contribution in [0.4, 0.5) is 34.1 Å². The van der Waals surface area contributed by atoms with Crippen molar-refractivity contribution < 1.29 is 0 Å². The molecule has 0 heterocycles. The highest BCUT2D eigenvalue weighted by atomic mass is 15.2. The summed E-state index contributed by atoms with van der Waals surface area (Å²) in [6.45, 7) is 19.3. The lowest BCUT2D eigenvalue weighted by molar-refractivity contribution is 0.660. The fourth-order valence-electron chi connectivity index (χ4n) is 17.3. The van der Waals surface area contributed by atoms with Crippen molar-refractivity contribution in [1.82, 2.24) is 0 Å². The Kier molecular flexibility index (Phi) is 10.9. The van der Waals surface area contributed by atoms with E-state index in [0.29, 0.717) is 0 Å². The Labute approximate surface area is 528 Å². The van der Waals surface area contributed by atoms with Crippen molar-refractivity contribution in [1.29, 1.82) is 0 Å². The Morgan fingerprint density at radius 3 is 0.633 bits per heavy atom. The van der Waals surface area contributed by atoms with E-state index in [0.717, 1.165) is 22.5 Å². The quantitative estimate of drug-likeness (QED) is 0.157. The molecule has 4 aliphatic rings. The molecule has 0 amide bonds. The molecule has 0 saturated heterocycles. The molecular formula is C88H68N2. The summed E-state index contributed by atoms with van der Waals surface area (Å²) in [4.78, 5) is 5.19. The lowest BCUT2D eigenvalue weighted by Crippen LogP contribution is -2.18. The molecule has 430 valence electrons. The van der Waals surface area contributed by atoms with Crippen molar-refractivity contribution in [3.8, 4) is 55.6 Å². The van der Waals surface area contributed by atoms with Gasteiger partial charge in [-0.15, -0.1) is 0 Å². The summed E-state index contributed by atoms with van der Waals surface area (Å²) in [7, 11) is 0. The van der Waals surface area contributed by atoms with E-state index in [2.05, 4.69) is 332 Å². The first-order chi connectivity index (χ1) is 43.7. The van der Waals surface area contributed by atoms with Crippen LogP contribution in [0.1, 0.15) is 99.9 Å². The van der Waals surface area contributed by atoms with Gasteiger partial charge in [0.05, 0.1) is 22.7 Å². The van der Waals surface area contributed by atoms with E-state index in [1.807, 2.05) is 0 Å². The molecule has 18 rings (SSSR count). The van der Waals surface area contributed by atoms with Gasteiger partial charge in [0, 0.05) is 54.6 Å². The van der Waals surface area contributed by atoms with Crippen LogP contribution < -0.4 is 9.80 Å². The maximum atomic E-state index is 2.59. The van der Waals surface area contributed by atoms with Crippen molar-refractivity contribution in [3.63, 3.8) is 0 Å². The van der Waals surface area contributed by atoms with Gasteiger partial charge in [-0.1, -0.05) is 274 Å². The van der Waals surface area contributed by atoms with Crippen LogP contribution in [0.3, 0.4) is 0 Å². The molecule has 4 aliphatic carbocycles. The van der Waals surface area contributed by atoms with Crippen molar-refractivity contribution in [2.24, 2.45) is 0 Å². The van der Waals surface area contributed by atoms with Gasteiger partial charge in [0.2, 0.25) is 0 Å². The van der Waals surface area contributed by atoms with Gasteiger partial charge < -0.3 is 9.80 Å². The van der Waals surface area contributed by atoms with Crippen LogP contribution in [0, 0.1) is 0 Å². The topological polar surface area (TPSA) is 6.48 Å². The monoisotopic (exact) mass is 1150 g/mol. The highest BCUT2D eigenvalue weighted by Gasteiger charge is 2.43. The minimum Gasteiger partial charge on any atom is -0.309 e. The second-order valence-corrected chi connectivity index (χ2v) is 27.9. The number of anilines is 6. The predicted octanol–water partition coefficient (Wildman–Crippen LogP) is 24.1. The van der Waals surface area contributed by atoms with Gasteiger partial charge in [0.1, 0.15) is 0 Å². The fourth-order valence-corrected chi connectivity index (χ4v) is 17.3. The first kappa shape index (κ1) is 52.8. The van der Waals surface area contributed by atoms with E-state index >= 15 is 0 Å². The molecule has 2 nitrogen and oxygen atoms in total. The number of benzene rings is 14. The zero-order valence-electron chi connectivity index (χ0n) is 52.3. The second-order valence-electron chi connectivity index (χ2n) is 27.9. The van der Waals surface area contributed by atoms with Gasteiger partial charge in [-0.2, -0.15) is 0 Å². The molecule has 0 saturated carbocycles.